The van der Waals surface area contributed by atoms with E-state index in [9.17, 15) is 26.7 Å². The summed E-state index contributed by atoms with van der Waals surface area (Å²) in [5.41, 5.74) is 3.01. The second-order valence-corrected chi connectivity index (χ2v) is 20.4. The van der Waals surface area contributed by atoms with Crippen LogP contribution >= 0.6 is 11.6 Å². The van der Waals surface area contributed by atoms with Gasteiger partial charge < -0.3 is 14.7 Å². The lowest BCUT2D eigenvalue weighted by molar-refractivity contribution is 0.0456. The van der Waals surface area contributed by atoms with E-state index in [1.807, 2.05) is 12.1 Å². The number of hydrogen-bond acceptors (Lipinski definition) is 8. The normalized spacial score (nSPS) is 29.8. The van der Waals surface area contributed by atoms with Gasteiger partial charge in [-0.25, -0.2) is 21.6 Å². The number of amides is 1. The van der Waals surface area contributed by atoms with E-state index in [0.717, 1.165) is 32.1 Å². The van der Waals surface area contributed by atoms with E-state index in [1.165, 1.54) is 11.1 Å². The molecule has 0 unspecified atom stereocenters. The van der Waals surface area contributed by atoms with Crippen molar-refractivity contribution >= 4 is 43.1 Å². The minimum Gasteiger partial charge on any atom is -0.490 e. The molecule has 4 aliphatic rings. The lowest BCUT2D eigenvalue weighted by Crippen LogP contribution is -2.49. The zero-order valence-corrected chi connectivity index (χ0v) is 30.3. The Morgan fingerprint density at radius 2 is 1.92 bits per heavy atom. The van der Waals surface area contributed by atoms with Gasteiger partial charge in [-0.1, -0.05) is 29.8 Å². The van der Waals surface area contributed by atoms with Crippen molar-refractivity contribution in [3.05, 3.63) is 70.3 Å². The van der Waals surface area contributed by atoms with E-state index in [0.29, 0.717) is 42.6 Å². The highest BCUT2D eigenvalue weighted by atomic mass is 35.5. The average Bonchev–Trinajstić information content (AvgIpc) is 3.14. The molecule has 1 saturated carbocycles. The summed E-state index contributed by atoms with van der Waals surface area (Å²) < 4.78 is 60.9. The van der Waals surface area contributed by atoms with Gasteiger partial charge in [0.15, 0.2) is 9.84 Å². The predicted octanol–water partition coefficient (Wildman–Crippen LogP) is 5.58. The summed E-state index contributed by atoms with van der Waals surface area (Å²) in [4.78, 5) is 15.9. The number of hydrogen-bond donors (Lipinski definition) is 2. The zero-order chi connectivity index (χ0) is 34.5. The number of nitrogens with zero attached hydrogens (tertiary/aromatic N) is 1. The highest BCUT2D eigenvalue weighted by Gasteiger charge is 2.44. The van der Waals surface area contributed by atoms with Crippen molar-refractivity contribution in [2.45, 2.75) is 93.7 Å². The van der Waals surface area contributed by atoms with E-state index < -0.39 is 41.9 Å². The zero-order valence-electron chi connectivity index (χ0n) is 28.0. The largest absolute Gasteiger partial charge is 0.490 e. The standard InChI is InChI=1S/C36H47ClN2O7S2/c1-35(2,3)47(42,43)18-16-28-8-4-5-9-32(40)29-13-10-26(29)21-39-22-36(17-6-7-24-19-27(37)12-14-30(24)36)23-46-33-15-11-25(20-31(33)39)34(41)38-48(28,44)45/h5,9,11-12,14-15,19-20,26,28-29,32,40H,4,6-8,10,13,16-18,21-23H2,1-3H3,(H,38,41)/b9-5-/t26-,28-,29+,32-,36-/m0/s1. The van der Waals surface area contributed by atoms with Gasteiger partial charge in [-0.15, -0.1) is 0 Å². The fraction of sp³-hybridized carbons (Fsp3) is 0.583. The molecule has 2 heterocycles. The van der Waals surface area contributed by atoms with Crippen LogP contribution in [-0.4, -0.2) is 69.4 Å². The molecular weight excluding hydrogens is 672 g/mol. The highest BCUT2D eigenvalue weighted by molar-refractivity contribution is 7.93. The predicted molar refractivity (Wildman–Crippen MR) is 189 cm³/mol. The summed E-state index contributed by atoms with van der Waals surface area (Å²) in [6.07, 6.45) is 7.81. The van der Waals surface area contributed by atoms with Crippen LogP contribution in [0.1, 0.15) is 87.2 Å². The van der Waals surface area contributed by atoms with Crippen molar-refractivity contribution in [3.63, 3.8) is 0 Å². The minimum absolute atomic E-state index is 0.0399. The van der Waals surface area contributed by atoms with Gasteiger partial charge in [-0.05, 0) is 125 Å². The Bertz CT molecular complexity index is 1800. The highest BCUT2D eigenvalue weighted by Crippen LogP contribution is 2.46. The van der Waals surface area contributed by atoms with Crippen molar-refractivity contribution in [2.24, 2.45) is 11.8 Å². The Kier molecular flexibility index (Phi) is 9.74. The number of halogens is 1. The van der Waals surface area contributed by atoms with Gasteiger partial charge in [-0.3, -0.25) is 4.79 Å². The Morgan fingerprint density at radius 3 is 2.65 bits per heavy atom. The molecule has 0 radical (unpaired) electrons. The topological polar surface area (TPSA) is 130 Å². The SMILES string of the molecule is CC(C)(C)S(=O)(=O)CC[C@@H]1CC/C=C\[C@H](O)[C@@H]2CC[C@H]2CN2C[C@@]3(CCCc4cc(Cl)ccc43)COc3ccc(cc32)C(=O)NS1(=O)=O. The third kappa shape index (κ3) is 7.02. The van der Waals surface area contributed by atoms with Crippen LogP contribution in [0, 0.1) is 11.8 Å². The summed E-state index contributed by atoms with van der Waals surface area (Å²) in [6.45, 7) is 6.51. The molecule has 2 N–H and O–H groups in total. The van der Waals surface area contributed by atoms with Crippen molar-refractivity contribution in [1.29, 1.82) is 0 Å². The lowest BCUT2D eigenvalue weighted by atomic mass is 9.68. The molecular formula is C36H47ClN2O7S2. The van der Waals surface area contributed by atoms with Gasteiger partial charge in [0.2, 0.25) is 10.0 Å². The number of nitrogens with one attached hydrogen (secondary N) is 1. The number of benzene rings is 2. The third-order valence-corrected chi connectivity index (χ3v) is 15.7. The van der Waals surface area contributed by atoms with E-state index in [1.54, 1.807) is 51.1 Å². The van der Waals surface area contributed by atoms with Gasteiger partial charge >= 0.3 is 0 Å². The number of sulfone groups is 1. The first-order valence-electron chi connectivity index (χ1n) is 17.0. The van der Waals surface area contributed by atoms with Crippen molar-refractivity contribution < 1.29 is 31.5 Å². The maximum atomic E-state index is 13.7. The number of rotatable bonds is 3. The number of aliphatic hydroxyl groups is 1. The van der Waals surface area contributed by atoms with E-state index in [4.69, 9.17) is 16.3 Å². The second kappa shape index (κ2) is 13.3. The third-order valence-electron chi connectivity index (χ3n) is 11.0. The number of fused-ring (bicyclic) bond motifs is 4. The first-order valence-corrected chi connectivity index (χ1v) is 20.6. The number of allylic oxidation sites excluding steroid dienone is 1. The second-order valence-electron chi connectivity index (χ2n) is 15.1. The molecule has 1 amide bonds. The Labute approximate surface area is 290 Å². The Morgan fingerprint density at radius 1 is 1.12 bits per heavy atom. The molecule has 1 spiro atoms. The summed E-state index contributed by atoms with van der Waals surface area (Å²) >= 11 is 6.40. The maximum Gasteiger partial charge on any atom is 0.264 e. The monoisotopic (exact) mass is 718 g/mol. The van der Waals surface area contributed by atoms with Crippen LogP contribution in [0.15, 0.2) is 48.6 Å². The fourth-order valence-corrected chi connectivity index (χ4v) is 10.8. The van der Waals surface area contributed by atoms with Gasteiger partial charge in [-0.2, -0.15) is 0 Å². The van der Waals surface area contributed by atoms with Crippen LogP contribution < -0.4 is 14.4 Å². The molecule has 2 bridgehead atoms. The summed E-state index contributed by atoms with van der Waals surface area (Å²) in [5, 5.41) is 10.8. The number of carbonyl (C=O) groups is 1. The molecule has 2 aromatic carbocycles. The minimum atomic E-state index is -4.26. The summed E-state index contributed by atoms with van der Waals surface area (Å²) in [5.74, 6) is -0.220. The van der Waals surface area contributed by atoms with Gasteiger partial charge in [0.1, 0.15) is 5.75 Å². The molecule has 1 fully saturated rings. The lowest BCUT2D eigenvalue weighted by Gasteiger charge is -2.45. The molecule has 2 aromatic rings. The molecule has 2 aliphatic heterocycles. The number of carbonyl (C=O) groups excluding carboxylic acids is 1. The number of aliphatic hydroxyl groups excluding tert-OH is 1. The van der Waals surface area contributed by atoms with Crippen LogP contribution in [0.3, 0.4) is 0 Å². The Hall–Kier alpha value is -2.60. The maximum absolute atomic E-state index is 13.7. The number of anilines is 1. The number of ether oxygens (including phenoxy) is 1. The van der Waals surface area contributed by atoms with Crippen molar-refractivity contribution in [3.8, 4) is 5.75 Å². The molecule has 12 heteroatoms. The molecule has 0 saturated heterocycles. The number of sulfonamides is 1. The van der Waals surface area contributed by atoms with Crippen LogP contribution in [0.4, 0.5) is 5.69 Å². The number of aryl methyl sites for hydroxylation is 1. The molecule has 6 rings (SSSR count). The van der Waals surface area contributed by atoms with Gasteiger partial charge in [0.25, 0.3) is 5.91 Å². The van der Waals surface area contributed by atoms with Crippen LogP contribution in [-0.2, 0) is 31.7 Å². The molecule has 2 aliphatic carbocycles. The van der Waals surface area contributed by atoms with E-state index >= 15 is 0 Å². The molecule has 48 heavy (non-hydrogen) atoms. The van der Waals surface area contributed by atoms with Crippen LogP contribution in [0.2, 0.25) is 5.02 Å². The van der Waals surface area contributed by atoms with Gasteiger partial charge in [0.05, 0.1) is 34.1 Å². The van der Waals surface area contributed by atoms with Gasteiger partial charge in [0, 0.05) is 29.1 Å². The van der Waals surface area contributed by atoms with Crippen LogP contribution in [0.5, 0.6) is 5.75 Å². The first kappa shape index (κ1) is 35.2. The molecule has 262 valence electrons. The van der Waals surface area contributed by atoms with Crippen molar-refractivity contribution in [1.82, 2.24) is 4.72 Å². The summed E-state index contributed by atoms with van der Waals surface area (Å²) in [6, 6.07) is 11.1. The van der Waals surface area contributed by atoms with E-state index in [2.05, 4.69) is 15.7 Å². The molecule has 9 nitrogen and oxygen atoms in total. The fourth-order valence-electron chi connectivity index (χ4n) is 7.79. The molecule has 5 atom stereocenters. The molecule has 0 aromatic heterocycles. The first-order chi connectivity index (χ1) is 22.6. The van der Waals surface area contributed by atoms with E-state index in [-0.39, 0.29) is 41.4 Å². The Balaban J connectivity index is 1.37. The average molecular weight is 719 g/mol. The quantitative estimate of drug-likeness (QED) is 0.394. The van der Waals surface area contributed by atoms with Crippen molar-refractivity contribution in [2.75, 3.05) is 30.3 Å². The van der Waals surface area contributed by atoms with Crippen LogP contribution in [0.25, 0.3) is 0 Å². The summed E-state index contributed by atoms with van der Waals surface area (Å²) in [7, 11) is -7.85. The smallest absolute Gasteiger partial charge is 0.264 e.